The van der Waals surface area contributed by atoms with Crippen LogP contribution in [0.3, 0.4) is 0 Å². The summed E-state index contributed by atoms with van der Waals surface area (Å²) in [6.07, 6.45) is 3.09. The van der Waals surface area contributed by atoms with Gasteiger partial charge in [-0.15, -0.1) is 23.5 Å². The molecule has 4 heterocycles. The van der Waals surface area contributed by atoms with Crippen molar-refractivity contribution >= 4 is 81.6 Å². The van der Waals surface area contributed by atoms with Crippen LogP contribution in [-0.2, 0) is 41.5 Å². The van der Waals surface area contributed by atoms with Crippen molar-refractivity contribution in [2.75, 3.05) is 38.8 Å². The van der Waals surface area contributed by atoms with E-state index >= 15 is 0 Å². The molecular weight excluding hydrogens is 985 g/mol. The fourth-order valence-electron chi connectivity index (χ4n) is 11.2. The average molecular weight is 1060 g/mol. The number of hydrogen-bond acceptors (Lipinski definition) is 12. The first-order valence-corrected chi connectivity index (χ1v) is 28.1. The Morgan fingerprint density at radius 1 is 0.667 bits per heavy atom. The van der Waals surface area contributed by atoms with Crippen LogP contribution in [0.1, 0.15) is 102 Å². The molecule has 72 heavy (non-hydrogen) atoms. The Morgan fingerprint density at radius 2 is 1.06 bits per heavy atom. The van der Waals surface area contributed by atoms with Crippen LogP contribution < -0.4 is 31.9 Å². The predicted octanol–water partition coefficient (Wildman–Crippen LogP) is 4.56. The van der Waals surface area contributed by atoms with Crippen LogP contribution in [-0.4, -0.2) is 141 Å². The molecule has 386 valence electrons. The van der Waals surface area contributed by atoms with Gasteiger partial charge in [-0.1, -0.05) is 113 Å². The van der Waals surface area contributed by atoms with Crippen molar-refractivity contribution in [3.8, 4) is 23.7 Å². The van der Waals surface area contributed by atoms with Gasteiger partial charge < -0.3 is 51.2 Å². The lowest BCUT2D eigenvalue weighted by molar-refractivity contribution is -0.143. The van der Waals surface area contributed by atoms with Gasteiger partial charge in [0.05, 0.1) is 57.1 Å². The summed E-state index contributed by atoms with van der Waals surface area (Å²) in [5, 5.41) is 19.3. The van der Waals surface area contributed by atoms with Crippen molar-refractivity contribution < 1.29 is 28.7 Å². The quantitative estimate of drug-likeness (QED) is 0.115. The summed E-state index contributed by atoms with van der Waals surface area (Å²) in [7, 11) is 3.67. The average Bonchev–Trinajstić information content (AvgIpc) is 3.99. The zero-order chi connectivity index (χ0) is 51.5. The van der Waals surface area contributed by atoms with Gasteiger partial charge in [0.2, 0.25) is 23.6 Å². The van der Waals surface area contributed by atoms with Crippen LogP contribution in [0.2, 0.25) is 0 Å². The number of nitrogens with one attached hydrogen (secondary N) is 6. The van der Waals surface area contributed by atoms with Gasteiger partial charge in [0, 0.05) is 12.8 Å². The van der Waals surface area contributed by atoms with E-state index in [9.17, 15) is 19.2 Å². The highest BCUT2D eigenvalue weighted by molar-refractivity contribution is 8.00. The van der Waals surface area contributed by atoms with Crippen LogP contribution in [0.25, 0.3) is 0 Å². The number of nitrogens with zero attached hydrogens (tertiary/aromatic N) is 2. The maximum Gasteiger partial charge on any atom is 0.246 e. The molecular formula is C54H70N8O6S4. The van der Waals surface area contributed by atoms with Gasteiger partial charge in [0.1, 0.15) is 37.4 Å². The molecule has 0 radical (unpaired) electrons. The molecule has 8 rings (SSSR count). The lowest BCUT2D eigenvalue weighted by atomic mass is 9.83. The molecule has 2 aromatic carbocycles. The number of carbonyl (C=O) groups is 4. The number of amides is 4. The van der Waals surface area contributed by atoms with Crippen molar-refractivity contribution in [2.45, 2.75) is 151 Å². The first kappa shape index (κ1) is 54.0. The lowest BCUT2D eigenvalue weighted by Crippen LogP contribution is -2.58. The maximum absolute atomic E-state index is 14.6. The zero-order valence-electron chi connectivity index (χ0n) is 42.6. The second-order valence-electron chi connectivity index (χ2n) is 21.1. The highest BCUT2D eigenvalue weighted by Gasteiger charge is 2.57. The van der Waals surface area contributed by atoms with E-state index in [4.69, 9.17) is 33.9 Å². The van der Waals surface area contributed by atoms with E-state index in [1.54, 1.807) is 23.5 Å². The Balaban J connectivity index is 0.889. The fraction of sp³-hybridized carbons (Fsp3) is 0.593. The largest absolute Gasteiger partial charge is 0.367 e. The third kappa shape index (κ3) is 11.5. The summed E-state index contributed by atoms with van der Waals surface area (Å²) in [6.45, 7) is 12.4. The third-order valence-corrected chi connectivity index (χ3v) is 18.8. The van der Waals surface area contributed by atoms with E-state index in [2.05, 4.69) is 95.4 Å². The molecule has 0 aromatic heterocycles. The van der Waals surface area contributed by atoms with Gasteiger partial charge >= 0.3 is 0 Å². The number of ether oxygens (including phenoxy) is 2. The van der Waals surface area contributed by atoms with Crippen molar-refractivity contribution in [3.63, 3.8) is 0 Å². The summed E-state index contributed by atoms with van der Waals surface area (Å²) in [5.74, 6) is 12.8. The molecule has 4 saturated heterocycles. The Labute approximate surface area is 444 Å². The number of rotatable bonds is 14. The molecule has 6 aliphatic rings. The Kier molecular flexibility index (Phi) is 17.3. The van der Waals surface area contributed by atoms with Gasteiger partial charge in [-0.3, -0.25) is 19.2 Å². The predicted molar refractivity (Wildman–Crippen MR) is 293 cm³/mol. The van der Waals surface area contributed by atoms with Gasteiger partial charge in [0.15, 0.2) is 0 Å². The second-order valence-corrected chi connectivity index (χ2v) is 24.6. The van der Waals surface area contributed by atoms with E-state index in [1.165, 1.54) is 0 Å². The normalized spacial score (nSPS) is 29.6. The topological polar surface area (TPSA) is 165 Å². The molecule has 0 saturated carbocycles. The van der Waals surface area contributed by atoms with E-state index in [-0.39, 0.29) is 71.9 Å². The minimum atomic E-state index is -0.680. The fourth-order valence-corrected chi connectivity index (χ4v) is 14.9. The summed E-state index contributed by atoms with van der Waals surface area (Å²) in [6, 6.07) is 12.6. The second kappa shape index (κ2) is 23.1. The van der Waals surface area contributed by atoms with Crippen molar-refractivity contribution in [1.29, 1.82) is 0 Å². The van der Waals surface area contributed by atoms with Crippen molar-refractivity contribution in [3.05, 3.63) is 70.8 Å². The van der Waals surface area contributed by atoms with Crippen LogP contribution in [0.5, 0.6) is 0 Å². The van der Waals surface area contributed by atoms with Gasteiger partial charge in [-0.05, 0) is 110 Å². The molecule has 2 aromatic rings. The molecule has 12 atom stereocenters. The molecule has 4 aliphatic heterocycles. The van der Waals surface area contributed by atoms with E-state index in [0.717, 1.165) is 33.8 Å². The summed E-state index contributed by atoms with van der Waals surface area (Å²) < 4.78 is 12.8. The van der Waals surface area contributed by atoms with Gasteiger partial charge in [-0.2, -0.15) is 0 Å². The number of thiocarbonyl (C=S) groups is 2. The molecule has 18 heteroatoms. The smallest absolute Gasteiger partial charge is 0.246 e. The minimum absolute atomic E-state index is 0.0929. The molecule has 4 fully saturated rings. The van der Waals surface area contributed by atoms with E-state index in [1.807, 2.05) is 74.1 Å². The monoisotopic (exact) mass is 1050 g/mol. The highest BCUT2D eigenvalue weighted by Crippen LogP contribution is 2.48. The van der Waals surface area contributed by atoms with Crippen LogP contribution in [0.15, 0.2) is 48.5 Å². The molecule has 0 unspecified atom stereocenters. The molecule has 0 bridgehead atoms. The molecule has 2 aliphatic carbocycles. The summed E-state index contributed by atoms with van der Waals surface area (Å²) in [4.78, 5) is 62.5. The number of likely N-dealkylation sites (N-methyl/N-ethyl adjacent to an activating group) is 2. The third-order valence-electron chi connectivity index (χ3n) is 15.3. The number of hydrogen-bond donors (Lipinski definition) is 6. The highest BCUT2D eigenvalue weighted by atomic mass is 32.2. The first-order chi connectivity index (χ1) is 34.4. The van der Waals surface area contributed by atoms with Crippen molar-refractivity contribution in [2.24, 2.45) is 10.8 Å². The summed E-state index contributed by atoms with van der Waals surface area (Å²) in [5.41, 5.74) is 3.23. The number of carbonyl (C=O) groups excluding carboxylic acids is 4. The minimum Gasteiger partial charge on any atom is -0.367 e. The van der Waals surface area contributed by atoms with E-state index in [0.29, 0.717) is 48.5 Å². The Hall–Kier alpha value is -4.24. The number of fused-ring (bicyclic) bond motifs is 4. The SMILES string of the molecule is CN[C@@H](C)C(=S)N[C@H]1CCS[C@H]2CC(C)(C)[C@@H](C(=O)N[C@H]3c4ccccc4C[C@H]3OCC#CC#CCO[C@@H]3Cc4ccccc4[C@@H]3NC(=O)[C@H]3N4C(=O)[C@@H](NC(=S)[C@H](C)NC)CCS[C@H]4CC3(C)C)N2C1=O. The van der Waals surface area contributed by atoms with Gasteiger partial charge in [0.25, 0.3) is 0 Å². The molecule has 6 N–H and O–H groups in total. The molecule has 0 spiro atoms. The molecule has 4 amide bonds. The molecule has 14 nitrogen and oxygen atoms in total. The van der Waals surface area contributed by atoms with Crippen LogP contribution in [0, 0.1) is 34.5 Å². The van der Waals surface area contributed by atoms with Crippen LogP contribution >= 0.6 is 48.0 Å². The standard InChI is InChI=1S/C54H70N8O6S4/c1-31(55-7)49(69)57-37-21-25-71-41-29-53(3,4)45(61(41)51(37)65)47(63)59-43-35-19-13-11-17-33(35)27-39(43)67-23-15-9-10-16-24-68-40-28-34-18-12-14-20-36(34)44(40)60-48(64)46-54(5,6)30-42-62(46)52(66)38(22-26-72-42)58-50(70)32(2)56-8/h11-14,17-20,31-32,37-46,55-56H,21-30H2,1-8H3,(H,57,69)(H,58,70)(H,59,63)(H,60,64)/t31-,32-,37-,38-,39+,40+,41-,42-,43-,44-,45+,46+/m0/s1. The van der Waals surface area contributed by atoms with E-state index < -0.39 is 47.1 Å². The number of benzene rings is 2. The van der Waals surface area contributed by atoms with Gasteiger partial charge in [-0.25, -0.2) is 0 Å². The van der Waals surface area contributed by atoms with Crippen molar-refractivity contribution in [1.82, 2.24) is 41.7 Å². The Morgan fingerprint density at radius 3 is 1.44 bits per heavy atom. The van der Waals surface area contributed by atoms with Crippen LogP contribution in [0.4, 0.5) is 0 Å². The summed E-state index contributed by atoms with van der Waals surface area (Å²) >= 11 is 14.7. The lowest BCUT2D eigenvalue weighted by Gasteiger charge is -2.35. The number of thioether (sulfide) groups is 2. The zero-order valence-corrected chi connectivity index (χ0v) is 45.9. The maximum atomic E-state index is 14.6. The Bertz CT molecular complexity index is 2370. The first-order valence-electron chi connectivity index (χ1n) is 25.2.